The maximum Gasteiger partial charge on any atom is 0.241 e. The average Bonchev–Trinajstić information content (AvgIpc) is 2.82. The van der Waals surface area contributed by atoms with Gasteiger partial charge in [-0.15, -0.1) is 0 Å². The largest absolute Gasteiger partial charge is 0.445 e. The highest BCUT2D eigenvalue weighted by molar-refractivity contribution is 7.89. The average molecular weight is 308 g/mol. The SMILES string of the molecule is Cc1cnc(CNS(=O)(=O)c2ccc(C(C)(C)C)cc2)o1. The summed E-state index contributed by atoms with van der Waals surface area (Å²) < 4.78 is 32.1. The summed E-state index contributed by atoms with van der Waals surface area (Å²) in [5, 5.41) is 0. The van der Waals surface area contributed by atoms with Crippen LogP contribution in [0, 0.1) is 6.92 Å². The number of aromatic nitrogens is 1. The molecule has 0 spiro atoms. The third kappa shape index (κ3) is 3.92. The van der Waals surface area contributed by atoms with Crippen molar-refractivity contribution in [2.75, 3.05) is 0 Å². The Morgan fingerprint density at radius 3 is 2.29 bits per heavy atom. The van der Waals surface area contributed by atoms with Crippen molar-refractivity contribution in [1.29, 1.82) is 0 Å². The highest BCUT2D eigenvalue weighted by Gasteiger charge is 2.18. The normalized spacial score (nSPS) is 12.6. The molecule has 0 aliphatic carbocycles. The molecular weight excluding hydrogens is 288 g/mol. The fraction of sp³-hybridized carbons (Fsp3) is 0.400. The van der Waals surface area contributed by atoms with E-state index in [2.05, 4.69) is 30.5 Å². The molecule has 114 valence electrons. The first kappa shape index (κ1) is 15.7. The second-order valence-corrected chi connectivity index (χ2v) is 7.73. The van der Waals surface area contributed by atoms with Gasteiger partial charge in [0.05, 0.1) is 17.6 Å². The number of hydrogen-bond acceptors (Lipinski definition) is 4. The lowest BCUT2D eigenvalue weighted by atomic mass is 9.87. The van der Waals surface area contributed by atoms with Crippen LogP contribution in [-0.4, -0.2) is 13.4 Å². The fourth-order valence-corrected chi connectivity index (χ4v) is 2.83. The minimum absolute atomic E-state index is 0.00860. The van der Waals surface area contributed by atoms with Gasteiger partial charge >= 0.3 is 0 Å². The van der Waals surface area contributed by atoms with E-state index in [1.165, 1.54) is 0 Å². The monoisotopic (exact) mass is 308 g/mol. The van der Waals surface area contributed by atoms with E-state index in [4.69, 9.17) is 4.42 Å². The molecule has 1 heterocycles. The Morgan fingerprint density at radius 1 is 1.19 bits per heavy atom. The molecule has 0 saturated heterocycles. The lowest BCUT2D eigenvalue weighted by Crippen LogP contribution is -2.23. The summed E-state index contributed by atoms with van der Waals surface area (Å²) in [7, 11) is -3.56. The van der Waals surface area contributed by atoms with Crippen molar-refractivity contribution >= 4 is 10.0 Å². The van der Waals surface area contributed by atoms with E-state index >= 15 is 0 Å². The molecule has 0 unspecified atom stereocenters. The molecule has 2 aromatic rings. The molecule has 1 aromatic carbocycles. The zero-order valence-electron chi connectivity index (χ0n) is 12.7. The molecule has 0 radical (unpaired) electrons. The summed E-state index contributed by atoms with van der Waals surface area (Å²) >= 11 is 0. The topological polar surface area (TPSA) is 72.2 Å². The maximum absolute atomic E-state index is 12.2. The molecule has 0 aliphatic rings. The van der Waals surface area contributed by atoms with Gasteiger partial charge in [-0.3, -0.25) is 0 Å². The predicted octanol–water partition coefficient (Wildman–Crippen LogP) is 2.76. The minimum Gasteiger partial charge on any atom is -0.445 e. The molecule has 0 amide bonds. The summed E-state index contributed by atoms with van der Waals surface area (Å²) in [6.07, 6.45) is 1.56. The van der Waals surface area contributed by atoms with E-state index in [9.17, 15) is 8.42 Å². The summed E-state index contributed by atoms with van der Waals surface area (Å²) in [4.78, 5) is 4.20. The molecule has 0 saturated carbocycles. The van der Waals surface area contributed by atoms with Crippen LogP contribution in [0.1, 0.15) is 38.0 Å². The number of benzene rings is 1. The van der Waals surface area contributed by atoms with Crippen molar-refractivity contribution in [3.8, 4) is 0 Å². The van der Waals surface area contributed by atoms with Gasteiger partial charge in [0.25, 0.3) is 0 Å². The zero-order valence-corrected chi connectivity index (χ0v) is 13.5. The van der Waals surface area contributed by atoms with Crippen LogP contribution in [0.4, 0.5) is 0 Å². The van der Waals surface area contributed by atoms with Gasteiger partial charge in [0, 0.05) is 0 Å². The van der Waals surface area contributed by atoms with Crippen LogP contribution in [0.15, 0.2) is 39.8 Å². The third-order valence-electron chi connectivity index (χ3n) is 3.11. The van der Waals surface area contributed by atoms with Crippen LogP contribution in [0.3, 0.4) is 0 Å². The standard InChI is InChI=1S/C15H20N2O3S/c1-11-9-16-14(20-11)10-17-21(18,19)13-7-5-12(6-8-13)15(2,3)4/h5-9,17H,10H2,1-4H3. The van der Waals surface area contributed by atoms with Gasteiger partial charge in [0.15, 0.2) is 0 Å². The number of hydrogen-bond donors (Lipinski definition) is 1. The van der Waals surface area contributed by atoms with Crippen LogP contribution < -0.4 is 4.72 Å². The van der Waals surface area contributed by atoms with Gasteiger partial charge in [-0.1, -0.05) is 32.9 Å². The van der Waals surface area contributed by atoms with E-state index in [1.807, 2.05) is 12.1 Å². The van der Waals surface area contributed by atoms with Crippen LogP contribution in [0.5, 0.6) is 0 Å². The number of nitrogens with one attached hydrogen (secondary N) is 1. The molecule has 0 bridgehead atoms. The van der Waals surface area contributed by atoms with Crippen molar-refractivity contribution < 1.29 is 12.8 Å². The molecule has 1 aromatic heterocycles. The summed E-state index contributed by atoms with van der Waals surface area (Å²) in [5.74, 6) is 1.00. The molecule has 21 heavy (non-hydrogen) atoms. The Morgan fingerprint density at radius 2 is 1.81 bits per heavy atom. The van der Waals surface area contributed by atoms with Crippen LogP contribution in [0.2, 0.25) is 0 Å². The summed E-state index contributed by atoms with van der Waals surface area (Å²) in [6.45, 7) is 8.05. The highest BCUT2D eigenvalue weighted by Crippen LogP contribution is 2.23. The van der Waals surface area contributed by atoms with Crippen LogP contribution in [-0.2, 0) is 22.0 Å². The Hall–Kier alpha value is -1.66. The molecule has 5 nitrogen and oxygen atoms in total. The van der Waals surface area contributed by atoms with E-state index in [1.54, 1.807) is 25.3 Å². The van der Waals surface area contributed by atoms with Crippen molar-refractivity contribution in [3.05, 3.63) is 47.7 Å². The summed E-state index contributed by atoms with van der Waals surface area (Å²) in [5.41, 5.74) is 1.08. The van der Waals surface area contributed by atoms with Crippen LogP contribution >= 0.6 is 0 Å². The van der Waals surface area contributed by atoms with E-state index < -0.39 is 10.0 Å². The van der Waals surface area contributed by atoms with Gasteiger partial charge in [-0.2, -0.15) is 0 Å². The van der Waals surface area contributed by atoms with Crippen molar-refractivity contribution in [2.24, 2.45) is 0 Å². The van der Waals surface area contributed by atoms with Gasteiger partial charge in [-0.25, -0.2) is 18.1 Å². The first-order valence-electron chi connectivity index (χ1n) is 6.70. The number of oxazole rings is 1. The zero-order chi connectivity index (χ0) is 15.7. The highest BCUT2D eigenvalue weighted by atomic mass is 32.2. The Labute approximate surface area is 125 Å². The minimum atomic E-state index is -3.56. The molecule has 6 heteroatoms. The lowest BCUT2D eigenvalue weighted by Gasteiger charge is -2.19. The van der Waals surface area contributed by atoms with Crippen LogP contribution in [0.25, 0.3) is 0 Å². The molecule has 0 fully saturated rings. The quantitative estimate of drug-likeness (QED) is 0.942. The fourth-order valence-electron chi connectivity index (χ4n) is 1.86. The lowest BCUT2D eigenvalue weighted by molar-refractivity contribution is 0.463. The van der Waals surface area contributed by atoms with Gasteiger partial charge in [0.2, 0.25) is 15.9 Å². The second-order valence-electron chi connectivity index (χ2n) is 5.96. The smallest absolute Gasteiger partial charge is 0.241 e. The maximum atomic E-state index is 12.2. The van der Waals surface area contributed by atoms with Gasteiger partial charge in [0.1, 0.15) is 5.76 Å². The van der Waals surface area contributed by atoms with Gasteiger partial charge in [-0.05, 0) is 30.0 Å². The number of sulfonamides is 1. The van der Waals surface area contributed by atoms with E-state index in [0.717, 1.165) is 5.56 Å². The molecular formula is C15H20N2O3S. The second kappa shape index (κ2) is 5.61. The van der Waals surface area contributed by atoms with Crippen molar-refractivity contribution in [3.63, 3.8) is 0 Å². The van der Waals surface area contributed by atoms with Crippen molar-refractivity contribution in [2.45, 2.75) is 44.6 Å². The predicted molar refractivity (Wildman–Crippen MR) is 80.4 cm³/mol. The summed E-state index contributed by atoms with van der Waals surface area (Å²) in [6, 6.07) is 6.90. The van der Waals surface area contributed by atoms with Gasteiger partial charge < -0.3 is 4.42 Å². The first-order chi connectivity index (χ1) is 9.68. The number of rotatable bonds is 4. The third-order valence-corrected chi connectivity index (χ3v) is 4.53. The van der Waals surface area contributed by atoms with Crippen molar-refractivity contribution in [1.82, 2.24) is 9.71 Å². The first-order valence-corrected chi connectivity index (χ1v) is 8.18. The number of nitrogens with zero attached hydrogens (tertiary/aromatic N) is 1. The van der Waals surface area contributed by atoms with E-state index in [-0.39, 0.29) is 16.9 Å². The van der Waals surface area contributed by atoms with E-state index in [0.29, 0.717) is 11.7 Å². The molecule has 1 N–H and O–H groups in total. The Kier molecular flexibility index (Phi) is 4.20. The molecule has 2 rings (SSSR count). The Balaban J connectivity index is 2.12. The number of aryl methyl sites for hydroxylation is 1. The Bertz CT molecular complexity index is 710. The molecule has 0 atom stereocenters. The molecule has 0 aliphatic heterocycles.